The first kappa shape index (κ1) is 19.7. The molecular formula is C18H34N6O2. The third-order valence-corrected chi connectivity index (χ3v) is 5.56. The van der Waals surface area contributed by atoms with Gasteiger partial charge in [0.25, 0.3) is 0 Å². The number of tetrazole rings is 1. The van der Waals surface area contributed by atoms with Crippen LogP contribution in [0, 0.1) is 5.41 Å². The van der Waals surface area contributed by atoms with E-state index in [0.29, 0.717) is 0 Å². The van der Waals surface area contributed by atoms with Crippen molar-refractivity contribution in [3.05, 3.63) is 5.82 Å². The second-order valence-electron chi connectivity index (χ2n) is 8.69. The SMILES string of the molecule is CC(C)(C)CCN1[C@H](CO)CC[C@H]1c1nnnn1CCN1CCOCC1. The van der Waals surface area contributed by atoms with Crippen LogP contribution in [0.1, 0.15) is 51.9 Å². The molecule has 8 nitrogen and oxygen atoms in total. The van der Waals surface area contributed by atoms with Crippen LogP contribution < -0.4 is 0 Å². The first-order valence-corrected chi connectivity index (χ1v) is 9.91. The molecule has 0 aromatic carbocycles. The number of aliphatic hydroxyl groups excluding tert-OH is 1. The molecule has 0 spiro atoms. The van der Waals surface area contributed by atoms with Crippen LogP contribution in [0.5, 0.6) is 0 Å². The lowest BCUT2D eigenvalue weighted by Gasteiger charge is -2.31. The van der Waals surface area contributed by atoms with Gasteiger partial charge in [-0.3, -0.25) is 9.80 Å². The second-order valence-corrected chi connectivity index (χ2v) is 8.69. The number of aliphatic hydroxyl groups is 1. The second kappa shape index (κ2) is 8.73. The molecule has 2 aliphatic heterocycles. The standard InChI is InChI=1S/C18H34N6O2/c1-18(2,3)6-7-23-15(14-25)4-5-16(23)17-19-20-21-24(17)9-8-22-10-12-26-13-11-22/h15-16,25H,4-14H2,1-3H3/t15-,16-/m0/s1. The minimum absolute atomic E-state index is 0.203. The molecule has 3 heterocycles. The number of rotatable bonds is 7. The van der Waals surface area contributed by atoms with Crippen molar-refractivity contribution in [2.24, 2.45) is 5.41 Å². The van der Waals surface area contributed by atoms with Crippen molar-refractivity contribution in [2.45, 2.75) is 58.7 Å². The Bertz CT molecular complexity index is 552. The number of likely N-dealkylation sites (tertiary alicyclic amines) is 1. The quantitative estimate of drug-likeness (QED) is 0.769. The van der Waals surface area contributed by atoms with E-state index in [1.807, 2.05) is 4.68 Å². The molecule has 2 aliphatic rings. The summed E-state index contributed by atoms with van der Waals surface area (Å²) in [6, 6.07) is 0.418. The van der Waals surface area contributed by atoms with Gasteiger partial charge in [0.2, 0.25) is 0 Å². The van der Waals surface area contributed by atoms with Crippen LogP contribution in [0.15, 0.2) is 0 Å². The van der Waals surface area contributed by atoms with Gasteiger partial charge in [0.1, 0.15) is 0 Å². The molecule has 0 aliphatic carbocycles. The Morgan fingerprint density at radius 2 is 1.88 bits per heavy atom. The molecule has 2 atom stereocenters. The topological polar surface area (TPSA) is 79.5 Å². The molecule has 0 unspecified atom stereocenters. The molecule has 0 radical (unpaired) electrons. The summed E-state index contributed by atoms with van der Waals surface area (Å²) in [5.41, 5.74) is 0.273. The summed E-state index contributed by atoms with van der Waals surface area (Å²) in [6.45, 7) is 13.3. The summed E-state index contributed by atoms with van der Waals surface area (Å²) >= 11 is 0. The maximum Gasteiger partial charge on any atom is 0.168 e. The Hall–Kier alpha value is -1.09. The van der Waals surface area contributed by atoms with Gasteiger partial charge in [-0.05, 0) is 41.6 Å². The number of nitrogens with zero attached hydrogens (tertiary/aromatic N) is 6. The first-order chi connectivity index (χ1) is 12.5. The summed E-state index contributed by atoms with van der Waals surface area (Å²) in [6.07, 6.45) is 3.10. The van der Waals surface area contributed by atoms with Crippen molar-refractivity contribution in [1.82, 2.24) is 30.0 Å². The van der Waals surface area contributed by atoms with Gasteiger partial charge in [-0.25, -0.2) is 4.68 Å². The van der Waals surface area contributed by atoms with Crippen LogP contribution in [-0.4, -0.2) is 87.2 Å². The largest absolute Gasteiger partial charge is 0.395 e. The molecule has 2 fully saturated rings. The summed E-state index contributed by atoms with van der Waals surface area (Å²) in [5.74, 6) is 0.947. The molecule has 26 heavy (non-hydrogen) atoms. The number of aromatic nitrogens is 4. The van der Waals surface area contributed by atoms with Crippen LogP contribution >= 0.6 is 0 Å². The van der Waals surface area contributed by atoms with E-state index in [0.717, 1.165) is 71.0 Å². The zero-order valence-electron chi connectivity index (χ0n) is 16.5. The van der Waals surface area contributed by atoms with Gasteiger partial charge < -0.3 is 9.84 Å². The average Bonchev–Trinajstić information content (AvgIpc) is 3.24. The third kappa shape index (κ3) is 5.00. The fourth-order valence-electron chi connectivity index (χ4n) is 3.88. The van der Waals surface area contributed by atoms with Crippen molar-refractivity contribution in [3.63, 3.8) is 0 Å². The number of hydrogen-bond acceptors (Lipinski definition) is 7. The maximum absolute atomic E-state index is 9.81. The highest BCUT2D eigenvalue weighted by atomic mass is 16.5. The van der Waals surface area contributed by atoms with Gasteiger partial charge in [0.15, 0.2) is 5.82 Å². The van der Waals surface area contributed by atoms with Crippen molar-refractivity contribution in [1.29, 1.82) is 0 Å². The normalized spacial score (nSPS) is 25.8. The van der Waals surface area contributed by atoms with E-state index in [4.69, 9.17) is 4.74 Å². The smallest absolute Gasteiger partial charge is 0.168 e. The first-order valence-electron chi connectivity index (χ1n) is 9.91. The summed E-state index contributed by atoms with van der Waals surface area (Å²) in [4.78, 5) is 4.82. The van der Waals surface area contributed by atoms with Crippen molar-refractivity contribution < 1.29 is 9.84 Å². The lowest BCUT2D eigenvalue weighted by Crippen LogP contribution is -2.39. The van der Waals surface area contributed by atoms with Gasteiger partial charge in [-0.2, -0.15) is 0 Å². The zero-order chi connectivity index (χ0) is 18.6. The molecule has 1 N–H and O–H groups in total. The fraction of sp³-hybridized carbons (Fsp3) is 0.944. The number of morpholine rings is 1. The van der Waals surface area contributed by atoms with E-state index in [2.05, 4.69) is 46.1 Å². The molecule has 148 valence electrons. The van der Waals surface area contributed by atoms with Crippen molar-refractivity contribution >= 4 is 0 Å². The monoisotopic (exact) mass is 366 g/mol. The van der Waals surface area contributed by atoms with E-state index in [-0.39, 0.29) is 24.1 Å². The minimum Gasteiger partial charge on any atom is -0.395 e. The molecule has 0 saturated carbocycles. The van der Waals surface area contributed by atoms with Crippen LogP contribution in [0.25, 0.3) is 0 Å². The molecule has 1 aromatic rings. The lowest BCUT2D eigenvalue weighted by atomic mass is 9.92. The highest BCUT2D eigenvalue weighted by Gasteiger charge is 2.37. The Morgan fingerprint density at radius 3 is 2.58 bits per heavy atom. The molecular weight excluding hydrogens is 332 g/mol. The van der Waals surface area contributed by atoms with E-state index >= 15 is 0 Å². The third-order valence-electron chi connectivity index (χ3n) is 5.56. The molecule has 8 heteroatoms. The average molecular weight is 367 g/mol. The van der Waals surface area contributed by atoms with Crippen LogP contribution in [0.2, 0.25) is 0 Å². The Morgan fingerprint density at radius 1 is 1.12 bits per heavy atom. The van der Waals surface area contributed by atoms with Gasteiger partial charge in [-0.15, -0.1) is 5.10 Å². The predicted octanol–water partition coefficient (Wildman–Crippen LogP) is 0.939. The van der Waals surface area contributed by atoms with Crippen molar-refractivity contribution in [3.8, 4) is 0 Å². The highest BCUT2D eigenvalue weighted by Crippen LogP contribution is 2.36. The highest BCUT2D eigenvalue weighted by molar-refractivity contribution is 5.00. The number of hydrogen-bond donors (Lipinski definition) is 1. The molecule has 0 amide bonds. The Kier molecular flexibility index (Phi) is 6.60. The van der Waals surface area contributed by atoms with Crippen LogP contribution in [-0.2, 0) is 11.3 Å². The van der Waals surface area contributed by atoms with Gasteiger partial charge in [0.05, 0.1) is 32.4 Å². The van der Waals surface area contributed by atoms with Crippen LogP contribution in [0.3, 0.4) is 0 Å². The predicted molar refractivity (Wildman–Crippen MR) is 98.7 cm³/mol. The summed E-state index contributed by atoms with van der Waals surface area (Å²) < 4.78 is 7.38. The zero-order valence-corrected chi connectivity index (χ0v) is 16.5. The van der Waals surface area contributed by atoms with E-state index in [1.165, 1.54) is 0 Å². The van der Waals surface area contributed by atoms with Gasteiger partial charge >= 0.3 is 0 Å². The molecule has 0 bridgehead atoms. The van der Waals surface area contributed by atoms with Crippen molar-refractivity contribution in [2.75, 3.05) is 46.0 Å². The Labute approximate surface area is 156 Å². The number of ether oxygens (including phenoxy) is 1. The van der Waals surface area contributed by atoms with E-state index in [9.17, 15) is 5.11 Å². The van der Waals surface area contributed by atoms with Gasteiger partial charge in [0, 0.05) is 25.7 Å². The molecule has 3 rings (SSSR count). The lowest BCUT2D eigenvalue weighted by molar-refractivity contribution is 0.0355. The van der Waals surface area contributed by atoms with E-state index < -0.39 is 0 Å². The summed E-state index contributed by atoms with van der Waals surface area (Å²) in [7, 11) is 0. The van der Waals surface area contributed by atoms with E-state index in [1.54, 1.807) is 0 Å². The van der Waals surface area contributed by atoms with Gasteiger partial charge in [-0.1, -0.05) is 20.8 Å². The minimum atomic E-state index is 0.203. The summed E-state index contributed by atoms with van der Waals surface area (Å²) in [5, 5.41) is 22.4. The fourth-order valence-corrected chi connectivity index (χ4v) is 3.88. The molecule has 2 saturated heterocycles. The Balaban J connectivity index is 1.65. The van der Waals surface area contributed by atoms with Crippen LogP contribution in [0.4, 0.5) is 0 Å². The molecule has 1 aromatic heterocycles. The maximum atomic E-state index is 9.81.